The number of anilines is 1. The highest BCUT2D eigenvalue weighted by molar-refractivity contribution is 8.00. The topological polar surface area (TPSA) is 90.1 Å². The van der Waals surface area contributed by atoms with Crippen molar-refractivity contribution in [3.8, 4) is 17.2 Å². The van der Waals surface area contributed by atoms with Gasteiger partial charge in [-0.3, -0.25) is 9.78 Å². The predicted octanol–water partition coefficient (Wildman–Crippen LogP) is 3.90. The van der Waals surface area contributed by atoms with E-state index in [2.05, 4.69) is 20.5 Å². The Morgan fingerprint density at radius 2 is 1.81 bits per heavy atom. The summed E-state index contributed by atoms with van der Waals surface area (Å²) in [6.07, 6.45) is 3.32. The number of carbonyl (C=O) groups excluding carboxylic acids is 1. The Kier molecular flexibility index (Phi) is 6.08. The van der Waals surface area contributed by atoms with Crippen LogP contribution in [-0.4, -0.2) is 33.4 Å². The van der Waals surface area contributed by atoms with E-state index in [-0.39, 0.29) is 17.1 Å². The van der Waals surface area contributed by atoms with Crippen molar-refractivity contribution in [3.05, 3.63) is 48.8 Å². The molecule has 1 unspecified atom stereocenters. The first kappa shape index (κ1) is 18.9. The number of aromatic nitrogens is 3. The Morgan fingerprint density at radius 1 is 1.11 bits per heavy atom. The van der Waals surface area contributed by atoms with Crippen molar-refractivity contribution in [1.29, 1.82) is 0 Å². The van der Waals surface area contributed by atoms with Gasteiger partial charge in [-0.15, -0.1) is 10.2 Å². The number of nitrogens with one attached hydrogen (secondary N) is 1. The Hall–Kier alpha value is -2.87. The molecule has 0 bridgehead atoms. The van der Waals surface area contributed by atoms with Crippen LogP contribution in [0.5, 0.6) is 5.75 Å². The van der Waals surface area contributed by atoms with Crippen LogP contribution in [0.1, 0.15) is 13.8 Å². The van der Waals surface area contributed by atoms with Gasteiger partial charge in [0.05, 0.1) is 12.4 Å². The van der Waals surface area contributed by atoms with Crippen molar-refractivity contribution < 1.29 is 13.9 Å². The first-order chi connectivity index (χ1) is 13.1. The summed E-state index contributed by atoms with van der Waals surface area (Å²) in [6, 6.07) is 10.8. The van der Waals surface area contributed by atoms with Crippen LogP contribution in [0.3, 0.4) is 0 Å². The fraction of sp³-hybridized carbons (Fsp3) is 0.263. The SMILES string of the molecule is COc1ccc(NC(=O)C(Sc2nnc(-c3ccncc3)o2)C(C)C)cc1. The van der Waals surface area contributed by atoms with Gasteiger partial charge in [-0.05, 0) is 42.3 Å². The van der Waals surface area contributed by atoms with Gasteiger partial charge in [0.2, 0.25) is 11.8 Å². The van der Waals surface area contributed by atoms with E-state index in [1.165, 1.54) is 11.8 Å². The molecular weight excluding hydrogens is 364 g/mol. The molecule has 2 heterocycles. The van der Waals surface area contributed by atoms with Crippen molar-refractivity contribution in [3.63, 3.8) is 0 Å². The third-order valence-corrected chi connectivity index (χ3v) is 5.16. The van der Waals surface area contributed by atoms with E-state index >= 15 is 0 Å². The summed E-state index contributed by atoms with van der Waals surface area (Å²) in [6.45, 7) is 3.96. The predicted molar refractivity (Wildman–Crippen MR) is 104 cm³/mol. The molecule has 0 aliphatic heterocycles. The molecule has 0 radical (unpaired) electrons. The summed E-state index contributed by atoms with van der Waals surface area (Å²) in [7, 11) is 1.60. The number of rotatable bonds is 7. The second-order valence-corrected chi connectivity index (χ2v) is 7.20. The molecule has 140 valence electrons. The molecule has 3 rings (SSSR count). The van der Waals surface area contributed by atoms with Gasteiger partial charge in [0.15, 0.2) is 0 Å². The second kappa shape index (κ2) is 8.68. The van der Waals surface area contributed by atoms with Crippen molar-refractivity contribution >= 4 is 23.4 Å². The Balaban J connectivity index is 1.70. The summed E-state index contributed by atoms with van der Waals surface area (Å²) < 4.78 is 10.8. The molecule has 8 heteroatoms. The van der Waals surface area contributed by atoms with Crippen LogP contribution >= 0.6 is 11.8 Å². The largest absolute Gasteiger partial charge is 0.497 e. The molecule has 0 saturated heterocycles. The molecule has 1 N–H and O–H groups in total. The highest BCUT2D eigenvalue weighted by Crippen LogP contribution is 2.30. The lowest BCUT2D eigenvalue weighted by Crippen LogP contribution is -2.29. The first-order valence-electron chi connectivity index (χ1n) is 8.42. The summed E-state index contributed by atoms with van der Waals surface area (Å²) in [4.78, 5) is 16.7. The minimum atomic E-state index is -0.377. The summed E-state index contributed by atoms with van der Waals surface area (Å²) >= 11 is 1.25. The number of amides is 1. The average Bonchev–Trinajstić information content (AvgIpc) is 3.16. The lowest BCUT2D eigenvalue weighted by Gasteiger charge is -2.18. The average molecular weight is 384 g/mol. The molecule has 0 saturated carbocycles. The van der Waals surface area contributed by atoms with Gasteiger partial charge in [0.1, 0.15) is 5.75 Å². The van der Waals surface area contributed by atoms with Crippen molar-refractivity contribution in [1.82, 2.24) is 15.2 Å². The number of hydrogen-bond donors (Lipinski definition) is 1. The van der Waals surface area contributed by atoms with Crippen LogP contribution < -0.4 is 10.1 Å². The summed E-state index contributed by atoms with van der Waals surface area (Å²) in [5, 5.41) is 11.0. The van der Waals surface area contributed by atoms with Crippen molar-refractivity contribution in [2.24, 2.45) is 5.92 Å². The third kappa shape index (κ3) is 4.85. The lowest BCUT2D eigenvalue weighted by molar-refractivity contribution is -0.116. The molecule has 1 amide bonds. The fourth-order valence-corrected chi connectivity index (χ4v) is 3.23. The molecular formula is C19H20N4O3S. The Morgan fingerprint density at radius 3 is 2.44 bits per heavy atom. The maximum absolute atomic E-state index is 12.7. The highest BCUT2D eigenvalue weighted by atomic mass is 32.2. The molecule has 1 aromatic carbocycles. The highest BCUT2D eigenvalue weighted by Gasteiger charge is 2.26. The number of pyridine rings is 1. The van der Waals surface area contributed by atoms with Crippen LogP contribution in [0.25, 0.3) is 11.5 Å². The zero-order valence-electron chi connectivity index (χ0n) is 15.2. The molecule has 0 aliphatic carbocycles. The van der Waals surface area contributed by atoms with E-state index in [0.29, 0.717) is 16.8 Å². The molecule has 7 nitrogen and oxygen atoms in total. The maximum atomic E-state index is 12.7. The molecule has 3 aromatic rings. The number of methoxy groups -OCH3 is 1. The number of ether oxygens (including phenoxy) is 1. The molecule has 2 aromatic heterocycles. The molecule has 0 aliphatic rings. The summed E-state index contributed by atoms with van der Waals surface area (Å²) in [5.41, 5.74) is 1.49. The van der Waals surface area contributed by atoms with E-state index in [1.807, 2.05) is 13.8 Å². The van der Waals surface area contributed by atoms with Crippen molar-refractivity contribution in [2.45, 2.75) is 24.3 Å². The van der Waals surface area contributed by atoms with Crippen LogP contribution in [0, 0.1) is 5.92 Å². The number of thioether (sulfide) groups is 1. The van der Waals surface area contributed by atoms with Crippen LogP contribution in [0.4, 0.5) is 5.69 Å². The van der Waals surface area contributed by atoms with Gasteiger partial charge in [0, 0.05) is 23.6 Å². The Labute approximate surface area is 161 Å². The number of nitrogens with zero attached hydrogens (tertiary/aromatic N) is 3. The fourth-order valence-electron chi connectivity index (χ4n) is 2.36. The number of benzene rings is 1. The second-order valence-electron chi connectivity index (χ2n) is 6.11. The zero-order chi connectivity index (χ0) is 19.2. The minimum Gasteiger partial charge on any atom is -0.497 e. The standard InChI is InChI=1S/C19H20N4O3S/c1-12(2)16(17(24)21-14-4-6-15(25-3)7-5-14)27-19-23-22-18(26-19)13-8-10-20-11-9-13/h4-12,16H,1-3H3,(H,21,24). The van der Waals surface area contributed by atoms with Crippen LogP contribution in [0.15, 0.2) is 58.4 Å². The minimum absolute atomic E-state index is 0.0736. The van der Waals surface area contributed by atoms with Gasteiger partial charge in [-0.25, -0.2) is 0 Å². The molecule has 1 atom stereocenters. The van der Waals surface area contributed by atoms with E-state index in [4.69, 9.17) is 9.15 Å². The van der Waals surface area contributed by atoms with E-state index in [1.54, 1.807) is 55.9 Å². The van der Waals surface area contributed by atoms with E-state index < -0.39 is 0 Å². The van der Waals surface area contributed by atoms with Gasteiger partial charge < -0.3 is 14.5 Å². The van der Waals surface area contributed by atoms with E-state index in [0.717, 1.165) is 11.3 Å². The number of carbonyl (C=O) groups is 1. The monoisotopic (exact) mass is 384 g/mol. The van der Waals surface area contributed by atoms with E-state index in [9.17, 15) is 4.79 Å². The van der Waals surface area contributed by atoms with Crippen molar-refractivity contribution in [2.75, 3.05) is 12.4 Å². The number of hydrogen-bond acceptors (Lipinski definition) is 7. The van der Waals surface area contributed by atoms with Crippen LogP contribution in [-0.2, 0) is 4.79 Å². The third-order valence-electron chi connectivity index (χ3n) is 3.78. The lowest BCUT2D eigenvalue weighted by atomic mass is 10.1. The molecule has 27 heavy (non-hydrogen) atoms. The van der Waals surface area contributed by atoms with Gasteiger partial charge in [-0.2, -0.15) is 0 Å². The normalized spacial score (nSPS) is 12.0. The smallest absolute Gasteiger partial charge is 0.277 e. The first-order valence-corrected chi connectivity index (χ1v) is 9.30. The Bertz CT molecular complexity index is 881. The molecule has 0 spiro atoms. The summed E-state index contributed by atoms with van der Waals surface area (Å²) in [5.74, 6) is 1.09. The quantitative estimate of drug-likeness (QED) is 0.618. The van der Waals surface area contributed by atoms with Gasteiger partial charge in [0.25, 0.3) is 5.22 Å². The maximum Gasteiger partial charge on any atom is 0.277 e. The zero-order valence-corrected chi connectivity index (χ0v) is 16.1. The van der Waals surface area contributed by atoms with Gasteiger partial charge in [-0.1, -0.05) is 25.6 Å². The van der Waals surface area contributed by atoms with Crippen LogP contribution in [0.2, 0.25) is 0 Å². The van der Waals surface area contributed by atoms with Gasteiger partial charge >= 0.3 is 0 Å². The molecule has 0 fully saturated rings.